The molecular formula is C14H19N3O. The van der Waals surface area contributed by atoms with E-state index >= 15 is 0 Å². The van der Waals surface area contributed by atoms with Crippen LogP contribution in [0.4, 0.5) is 0 Å². The third-order valence-electron chi connectivity index (χ3n) is 4.28. The maximum Gasteiger partial charge on any atom is 0.230 e. The lowest BCUT2D eigenvalue weighted by molar-refractivity contribution is -0.137. The zero-order chi connectivity index (χ0) is 12.6. The molecule has 1 saturated heterocycles. The van der Waals surface area contributed by atoms with Crippen molar-refractivity contribution in [1.29, 1.82) is 0 Å². The van der Waals surface area contributed by atoms with Crippen molar-refractivity contribution in [3.8, 4) is 0 Å². The van der Waals surface area contributed by atoms with E-state index in [9.17, 15) is 4.79 Å². The first-order valence-electron chi connectivity index (χ1n) is 6.68. The molecule has 96 valence electrons. The van der Waals surface area contributed by atoms with Gasteiger partial charge in [-0.25, -0.2) is 0 Å². The van der Waals surface area contributed by atoms with Gasteiger partial charge in [-0.05, 0) is 37.3 Å². The van der Waals surface area contributed by atoms with Crippen LogP contribution in [0.15, 0.2) is 24.5 Å². The Morgan fingerprint density at radius 1 is 1.56 bits per heavy atom. The maximum absolute atomic E-state index is 12.6. The predicted octanol–water partition coefficient (Wildman–Crippen LogP) is 1.48. The first kappa shape index (κ1) is 11.7. The minimum atomic E-state index is -0.231. The van der Waals surface area contributed by atoms with E-state index in [1.54, 1.807) is 6.20 Å². The second kappa shape index (κ2) is 4.35. The largest absolute Gasteiger partial charge is 0.335 e. The third kappa shape index (κ3) is 1.81. The summed E-state index contributed by atoms with van der Waals surface area (Å²) in [5.74, 6) is 0.261. The summed E-state index contributed by atoms with van der Waals surface area (Å²) < 4.78 is 0. The van der Waals surface area contributed by atoms with Gasteiger partial charge in [0.25, 0.3) is 0 Å². The average molecular weight is 245 g/mol. The van der Waals surface area contributed by atoms with Crippen molar-refractivity contribution < 1.29 is 4.79 Å². The van der Waals surface area contributed by atoms with Crippen LogP contribution < -0.4 is 5.73 Å². The molecule has 4 nitrogen and oxygen atoms in total. The number of carbonyl (C=O) groups excluding carboxylic acids is 1. The third-order valence-corrected chi connectivity index (χ3v) is 4.28. The van der Waals surface area contributed by atoms with E-state index in [0.717, 1.165) is 37.8 Å². The standard InChI is InChI=1S/C14H19N3O/c15-10-14(5-6-14)13(18)17-8-2-4-12(17)11-3-1-7-16-9-11/h1,3,7,9,12H,2,4-6,8,10,15H2. The van der Waals surface area contributed by atoms with E-state index in [0.29, 0.717) is 6.54 Å². The average Bonchev–Trinajstić information content (AvgIpc) is 3.08. The molecule has 0 radical (unpaired) electrons. The second-order valence-corrected chi connectivity index (χ2v) is 5.43. The van der Waals surface area contributed by atoms with Gasteiger partial charge in [0.2, 0.25) is 5.91 Å². The molecule has 4 heteroatoms. The van der Waals surface area contributed by atoms with Crippen LogP contribution in [0.1, 0.15) is 37.3 Å². The molecule has 2 N–H and O–H groups in total. The van der Waals surface area contributed by atoms with Crippen molar-refractivity contribution in [3.63, 3.8) is 0 Å². The Labute approximate surface area is 107 Å². The van der Waals surface area contributed by atoms with Gasteiger partial charge in [-0.2, -0.15) is 0 Å². The number of pyridine rings is 1. The fraction of sp³-hybridized carbons (Fsp3) is 0.571. The lowest BCUT2D eigenvalue weighted by atomic mass is 10.0. The van der Waals surface area contributed by atoms with Gasteiger partial charge in [0.05, 0.1) is 11.5 Å². The maximum atomic E-state index is 12.6. The minimum Gasteiger partial charge on any atom is -0.335 e. The highest BCUT2D eigenvalue weighted by molar-refractivity contribution is 5.86. The Kier molecular flexibility index (Phi) is 2.82. The van der Waals surface area contributed by atoms with E-state index in [2.05, 4.69) is 11.1 Å². The minimum absolute atomic E-state index is 0.204. The van der Waals surface area contributed by atoms with Gasteiger partial charge in [0.15, 0.2) is 0 Å². The zero-order valence-electron chi connectivity index (χ0n) is 10.5. The SMILES string of the molecule is NCC1(C(=O)N2CCCC2c2cccnc2)CC1. The molecule has 0 spiro atoms. The van der Waals surface area contributed by atoms with E-state index < -0.39 is 0 Å². The molecule has 1 atom stereocenters. The van der Waals surface area contributed by atoms with Gasteiger partial charge in [-0.3, -0.25) is 9.78 Å². The number of amides is 1. The van der Waals surface area contributed by atoms with Crippen molar-refractivity contribution in [2.24, 2.45) is 11.1 Å². The molecule has 1 aromatic rings. The van der Waals surface area contributed by atoms with E-state index in [4.69, 9.17) is 5.73 Å². The van der Waals surface area contributed by atoms with Crippen molar-refractivity contribution in [1.82, 2.24) is 9.88 Å². The Morgan fingerprint density at radius 2 is 2.39 bits per heavy atom. The number of hydrogen-bond donors (Lipinski definition) is 1. The first-order valence-corrected chi connectivity index (χ1v) is 6.68. The Hall–Kier alpha value is -1.42. The topological polar surface area (TPSA) is 59.2 Å². The monoisotopic (exact) mass is 245 g/mol. The Bertz CT molecular complexity index is 442. The molecule has 0 aromatic carbocycles. The summed E-state index contributed by atoms with van der Waals surface area (Å²) in [5, 5.41) is 0. The fourth-order valence-electron chi connectivity index (χ4n) is 2.89. The van der Waals surface area contributed by atoms with E-state index in [-0.39, 0.29) is 17.4 Å². The number of rotatable bonds is 3. The van der Waals surface area contributed by atoms with Gasteiger partial charge >= 0.3 is 0 Å². The molecule has 2 aliphatic rings. The van der Waals surface area contributed by atoms with Crippen LogP contribution in [-0.2, 0) is 4.79 Å². The summed E-state index contributed by atoms with van der Waals surface area (Å²) in [5.41, 5.74) is 6.68. The molecule has 1 unspecified atom stereocenters. The molecule has 18 heavy (non-hydrogen) atoms. The van der Waals surface area contributed by atoms with Gasteiger partial charge in [-0.15, -0.1) is 0 Å². The highest BCUT2D eigenvalue weighted by atomic mass is 16.2. The number of aromatic nitrogens is 1. The molecule has 0 bridgehead atoms. The van der Waals surface area contributed by atoms with Crippen LogP contribution in [0.3, 0.4) is 0 Å². The van der Waals surface area contributed by atoms with Crippen LogP contribution in [0.25, 0.3) is 0 Å². The number of nitrogens with two attached hydrogens (primary N) is 1. The van der Waals surface area contributed by atoms with Gasteiger partial charge in [0, 0.05) is 25.5 Å². The first-order chi connectivity index (χ1) is 8.77. The van der Waals surface area contributed by atoms with E-state index in [1.165, 1.54) is 0 Å². The molecule has 2 heterocycles. The molecule has 3 rings (SSSR count). The summed E-state index contributed by atoms with van der Waals surface area (Å²) in [7, 11) is 0. The van der Waals surface area contributed by atoms with Crippen LogP contribution in [0.2, 0.25) is 0 Å². The number of likely N-dealkylation sites (tertiary alicyclic amines) is 1. The molecule has 1 aliphatic heterocycles. The normalized spacial score (nSPS) is 25.2. The molecule has 1 saturated carbocycles. The van der Waals surface area contributed by atoms with Crippen LogP contribution >= 0.6 is 0 Å². The van der Waals surface area contributed by atoms with Gasteiger partial charge in [-0.1, -0.05) is 6.07 Å². The smallest absolute Gasteiger partial charge is 0.230 e. The molecular weight excluding hydrogens is 226 g/mol. The number of carbonyl (C=O) groups is 1. The van der Waals surface area contributed by atoms with Crippen LogP contribution in [0.5, 0.6) is 0 Å². The quantitative estimate of drug-likeness (QED) is 0.877. The lowest BCUT2D eigenvalue weighted by Gasteiger charge is -2.28. The fourth-order valence-corrected chi connectivity index (χ4v) is 2.89. The molecule has 1 amide bonds. The van der Waals surface area contributed by atoms with E-state index in [1.807, 2.05) is 17.2 Å². The van der Waals surface area contributed by atoms with Crippen molar-refractivity contribution >= 4 is 5.91 Å². The number of nitrogens with zero attached hydrogens (tertiary/aromatic N) is 2. The predicted molar refractivity (Wildman–Crippen MR) is 68.6 cm³/mol. The molecule has 1 aromatic heterocycles. The van der Waals surface area contributed by atoms with Crippen LogP contribution in [-0.4, -0.2) is 28.9 Å². The Balaban J connectivity index is 1.82. The van der Waals surface area contributed by atoms with Gasteiger partial charge in [0.1, 0.15) is 0 Å². The summed E-state index contributed by atoms with van der Waals surface area (Å²) in [6, 6.07) is 4.20. The summed E-state index contributed by atoms with van der Waals surface area (Å²) >= 11 is 0. The van der Waals surface area contributed by atoms with Crippen molar-refractivity contribution in [3.05, 3.63) is 30.1 Å². The van der Waals surface area contributed by atoms with Crippen molar-refractivity contribution in [2.75, 3.05) is 13.1 Å². The molecule has 2 fully saturated rings. The summed E-state index contributed by atoms with van der Waals surface area (Å²) in [4.78, 5) is 18.8. The highest BCUT2D eigenvalue weighted by Crippen LogP contribution is 2.48. The summed E-state index contributed by atoms with van der Waals surface area (Å²) in [6.45, 7) is 1.35. The second-order valence-electron chi connectivity index (χ2n) is 5.43. The number of hydrogen-bond acceptors (Lipinski definition) is 3. The van der Waals surface area contributed by atoms with Crippen LogP contribution in [0, 0.1) is 5.41 Å². The zero-order valence-corrected chi connectivity index (χ0v) is 10.5. The summed E-state index contributed by atoms with van der Waals surface area (Å²) in [6.07, 6.45) is 7.67. The van der Waals surface area contributed by atoms with Crippen molar-refractivity contribution in [2.45, 2.75) is 31.7 Å². The Morgan fingerprint density at radius 3 is 3.00 bits per heavy atom. The molecule has 1 aliphatic carbocycles. The van der Waals surface area contributed by atoms with Gasteiger partial charge < -0.3 is 10.6 Å². The highest BCUT2D eigenvalue weighted by Gasteiger charge is 2.52. The lowest BCUT2D eigenvalue weighted by Crippen LogP contribution is -2.40.